The molecule has 1 N–H and O–H groups in total. The minimum atomic E-state index is -0.0157. The normalized spacial score (nSPS) is 15.2. The van der Waals surface area contributed by atoms with Gasteiger partial charge < -0.3 is 10.2 Å². The standard InChI is InChI=1S/C23H21N3OS/c27-23(24-19-10-9-16-5-1-2-6-18(16)15-19)26-13-11-17(12-14-26)22-25-20-7-3-4-8-21(20)28-22/h1-10,15,17H,11-14H2,(H,24,27). The Morgan fingerprint density at radius 3 is 2.54 bits per heavy atom. The number of amides is 2. The van der Waals surface area contributed by atoms with E-state index in [-0.39, 0.29) is 6.03 Å². The second-order valence-corrected chi connectivity index (χ2v) is 8.34. The Kier molecular flexibility index (Phi) is 4.45. The Labute approximate surface area is 167 Å². The van der Waals surface area contributed by atoms with Crippen molar-refractivity contribution in [3.8, 4) is 0 Å². The van der Waals surface area contributed by atoms with E-state index in [1.54, 1.807) is 11.3 Å². The van der Waals surface area contributed by atoms with Gasteiger partial charge in [0.15, 0.2) is 0 Å². The Morgan fingerprint density at radius 2 is 1.71 bits per heavy atom. The van der Waals surface area contributed by atoms with Crippen LogP contribution in [-0.2, 0) is 0 Å². The lowest BCUT2D eigenvalue weighted by Gasteiger charge is -2.31. The van der Waals surface area contributed by atoms with Crippen LogP contribution in [0.15, 0.2) is 66.7 Å². The van der Waals surface area contributed by atoms with Crippen LogP contribution in [0, 0.1) is 0 Å². The molecule has 0 unspecified atom stereocenters. The summed E-state index contributed by atoms with van der Waals surface area (Å²) in [4.78, 5) is 19.4. The lowest BCUT2D eigenvalue weighted by molar-refractivity contribution is 0.194. The molecule has 2 heterocycles. The predicted octanol–water partition coefficient (Wildman–Crippen LogP) is 5.86. The summed E-state index contributed by atoms with van der Waals surface area (Å²) in [7, 11) is 0. The molecule has 3 aromatic carbocycles. The van der Waals surface area contributed by atoms with Gasteiger partial charge in [0, 0.05) is 24.7 Å². The SMILES string of the molecule is O=C(Nc1ccc2ccccc2c1)N1CCC(c2nc3ccccc3s2)CC1. The summed E-state index contributed by atoms with van der Waals surface area (Å²) < 4.78 is 1.24. The maximum absolute atomic E-state index is 12.7. The summed E-state index contributed by atoms with van der Waals surface area (Å²) in [5, 5.41) is 6.57. The number of carbonyl (C=O) groups is 1. The number of nitrogens with zero attached hydrogens (tertiary/aromatic N) is 2. The first-order chi connectivity index (χ1) is 13.8. The van der Waals surface area contributed by atoms with Crippen molar-refractivity contribution in [3.63, 3.8) is 0 Å². The topological polar surface area (TPSA) is 45.2 Å². The summed E-state index contributed by atoms with van der Waals surface area (Å²) in [5.41, 5.74) is 1.93. The first kappa shape index (κ1) is 17.2. The number of para-hydroxylation sites is 1. The highest BCUT2D eigenvalue weighted by Crippen LogP contribution is 2.34. The average molecular weight is 388 g/mol. The Bertz CT molecular complexity index is 1110. The van der Waals surface area contributed by atoms with E-state index in [1.165, 1.54) is 15.1 Å². The van der Waals surface area contributed by atoms with E-state index in [4.69, 9.17) is 4.98 Å². The van der Waals surface area contributed by atoms with E-state index in [0.717, 1.165) is 42.5 Å². The summed E-state index contributed by atoms with van der Waals surface area (Å²) in [5.74, 6) is 0.446. The summed E-state index contributed by atoms with van der Waals surface area (Å²) >= 11 is 1.79. The zero-order valence-electron chi connectivity index (χ0n) is 15.5. The van der Waals surface area contributed by atoms with E-state index >= 15 is 0 Å². The Morgan fingerprint density at radius 1 is 0.964 bits per heavy atom. The third-order valence-corrected chi connectivity index (χ3v) is 6.64. The lowest BCUT2D eigenvalue weighted by atomic mass is 9.98. The molecule has 4 aromatic rings. The molecular formula is C23H21N3OS. The molecule has 1 fully saturated rings. The molecule has 0 atom stereocenters. The number of urea groups is 1. The average Bonchev–Trinajstić information content (AvgIpc) is 3.18. The Hall–Kier alpha value is -2.92. The van der Waals surface area contributed by atoms with Crippen LogP contribution in [0.1, 0.15) is 23.8 Å². The Balaban J connectivity index is 1.23. The molecule has 1 saturated heterocycles. The van der Waals surface area contributed by atoms with Crippen molar-refractivity contribution in [3.05, 3.63) is 71.7 Å². The van der Waals surface area contributed by atoms with Crippen molar-refractivity contribution in [1.82, 2.24) is 9.88 Å². The number of anilines is 1. The van der Waals surface area contributed by atoms with Crippen molar-refractivity contribution in [2.75, 3.05) is 18.4 Å². The molecule has 4 nitrogen and oxygen atoms in total. The predicted molar refractivity (Wildman–Crippen MR) is 116 cm³/mol. The number of nitrogens with one attached hydrogen (secondary N) is 1. The molecule has 0 saturated carbocycles. The number of hydrogen-bond donors (Lipinski definition) is 1. The van der Waals surface area contributed by atoms with Gasteiger partial charge in [0.2, 0.25) is 0 Å². The molecule has 1 aliphatic rings. The van der Waals surface area contributed by atoms with Crippen molar-refractivity contribution >= 4 is 44.0 Å². The third kappa shape index (κ3) is 3.34. The first-order valence-corrected chi connectivity index (χ1v) is 10.5. The van der Waals surface area contributed by atoms with E-state index in [1.807, 2.05) is 41.3 Å². The quantitative estimate of drug-likeness (QED) is 0.468. The molecular weight excluding hydrogens is 366 g/mol. The van der Waals surface area contributed by atoms with E-state index in [2.05, 4.69) is 35.6 Å². The van der Waals surface area contributed by atoms with Gasteiger partial charge in [-0.2, -0.15) is 0 Å². The van der Waals surface area contributed by atoms with Crippen molar-refractivity contribution in [2.24, 2.45) is 0 Å². The lowest BCUT2D eigenvalue weighted by Crippen LogP contribution is -2.40. The summed E-state index contributed by atoms with van der Waals surface area (Å²) in [6.45, 7) is 1.53. The van der Waals surface area contributed by atoms with E-state index in [9.17, 15) is 4.79 Å². The third-order valence-electron chi connectivity index (χ3n) is 5.44. The van der Waals surface area contributed by atoms with Gasteiger partial charge in [0.25, 0.3) is 0 Å². The highest BCUT2D eigenvalue weighted by atomic mass is 32.1. The molecule has 1 aliphatic heterocycles. The minimum Gasteiger partial charge on any atom is -0.324 e. The number of fused-ring (bicyclic) bond motifs is 2. The maximum Gasteiger partial charge on any atom is 0.321 e. The number of thiazole rings is 1. The zero-order valence-corrected chi connectivity index (χ0v) is 16.3. The molecule has 1 aromatic heterocycles. The summed E-state index contributed by atoms with van der Waals surface area (Å²) in [6.07, 6.45) is 1.93. The molecule has 5 rings (SSSR count). The van der Waals surface area contributed by atoms with Gasteiger partial charge >= 0.3 is 6.03 Å². The van der Waals surface area contributed by atoms with Crippen LogP contribution < -0.4 is 5.32 Å². The number of piperidine rings is 1. The van der Waals surface area contributed by atoms with Crippen LogP contribution in [0.2, 0.25) is 0 Å². The van der Waals surface area contributed by atoms with Gasteiger partial charge in [-0.1, -0.05) is 42.5 Å². The van der Waals surface area contributed by atoms with Gasteiger partial charge in [0.05, 0.1) is 15.2 Å². The second-order valence-electron chi connectivity index (χ2n) is 7.27. The van der Waals surface area contributed by atoms with Gasteiger partial charge in [-0.25, -0.2) is 9.78 Å². The van der Waals surface area contributed by atoms with Gasteiger partial charge in [-0.05, 0) is 47.9 Å². The van der Waals surface area contributed by atoms with Crippen LogP contribution >= 0.6 is 11.3 Å². The largest absolute Gasteiger partial charge is 0.324 e. The number of benzene rings is 3. The van der Waals surface area contributed by atoms with Crippen LogP contribution in [-0.4, -0.2) is 29.0 Å². The van der Waals surface area contributed by atoms with Gasteiger partial charge in [-0.3, -0.25) is 0 Å². The highest BCUT2D eigenvalue weighted by Gasteiger charge is 2.26. The monoisotopic (exact) mass is 387 g/mol. The number of carbonyl (C=O) groups excluding carboxylic acids is 1. The van der Waals surface area contributed by atoms with Crippen LogP contribution in [0.4, 0.5) is 10.5 Å². The minimum absolute atomic E-state index is 0.0157. The number of aromatic nitrogens is 1. The fourth-order valence-corrected chi connectivity index (χ4v) is 5.00. The highest BCUT2D eigenvalue weighted by molar-refractivity contribution is 7.18. The zero-order chi connectivity index (χ0) is 18.9. The van der Waals surface area contributed by atoms with Crippen LogP contribution in [0.25, 0.3) is 21.0 Å². The van der Waals surface area contributed by atoms with Crippen molar-refractivity contribution < 1.29 is 4.79 Å². The number of hydrogen-bond acceptors (Lipinski definition) is 3. The number of likely N-dealkylation sites (tertiary alicyclic amines) is 1. The van der Waals surface area contributed by atoms with Crippen molar-refractivity contribution in [2.45, 2.75) is 18.8 Å². The molecule has 0 radical (unpaired) electrons. The first-order valence-electron chi connectivity index (χ1n) is 9.66. The fraction of sp³-hybridized carbons (Fsp3) is 0.217. The molecule has 0 spiro atoms. The number of rotatable bonds is 2. The van der Waals surface area contributed by atoms with Crippen LogP contribution in [0.5, 0.6) is 0 Å². The van der Waals surface area contributed by atoms with E-state index < -0.39 is 0 Å². The molecule has 28 heavy (non-hydrogen) atoms. The molecule has 0 aliphatic carbocycles. The molecule has 5 heteroatoms. The fourth-order valence-electron chi connectivity index (χ4n) is 3.86. The second kappa shape index (κ2) is 7.24. The van der Waals surface area contributed by atoms with Crippen molar-refractivity contribution in [1.29, 1.82) is 0 Å². The smallest absolute Gasteiger partial charge is 0.321 e. The van der Waals surface area contributed by atoms with Crippen LogP contribution in [0.3, 0.4) is 0 Å². The maximum atomic E-state index is 12.7. The van der Waals surface area contributed by atoms with E-state index in [0.29, 0.717) is 5.92 Å². The van der Waals surface area contributed by atoms with Gasteiger partial charge in [-0.15, -0.1) is 11.3 Å². The van der Waals surface area contributed by atoms with Gasteiger partial charge in [0.1, 0.15) is 0 Å². The molecule has 140 valence electrons. The summed E-state index contributed by atoms with van der Waals surface area (Å²) in [6, 6.07) is 22.5. The molecule has 0 bridgehead atoms. The molecule has 2 amide bonds.